The number of hydrogen-bond donors (Lipinski definition) is 1. The van der Waals surface area contributed by atoms with Crippen molar-refractivity contribution in [2.24, 2.45) is 0 Å². The second-order valence-electron chi connectivity index (χ2n) is 7.88. The maximum absolute atomic E-state index is 13.0. The van der Waals surface area contributed by atoms with Gasteiger partial charge in [-0.2, -0.15) is 0 Å². The Hall–Kier alpha value is -2.71. The summed E-state index contributed by atoms with van der Waals surface area (Å²) >= 11 is 1.66. The molecule has 2 aromatic heterocycles. The first-order chi connectivity index (χ1) is 15.0. The molecule has 3 aromatic rings. The zero-order valence-electron chi connectivity index (χ0n) is 18.3. The van der Waals surface area contributed by atoms with Crippen molar-refractivity contribution in [3.63, 3.8) is 0 Å². The minimum Gasteiger partial charge on any atom is -0.492 e. The largest absolute Gasteiger partial charge is 0.492 e. The number of para-hydroxylation sites is 1. The normalized spacial score (nSPS) is 15.8. The first kappa shape index (κ1) is 21.5. The molecular weight excluding hydrogens is 410 g/mol. The van der Waals surface area contributed by atoms with Gasteiger partial charge in [-0.3, -0.25) is 9.69 Å². The van der Waals surface area contributed by atoms with Crippen LogP contribution < -0.4 is 10.1 Å². The highest BCUT2D eigenvalue weighted by Gasteiger charge is 2.26. The van der Waals surface area contributed by atoms with E-state index in [4.69, 9.17) is 4.74 Å². The van der Waals surface area contributed by atoms with E-state index in [1.165, 1.54) is 10.4 Å². The zero-order valence-corrected chi connectivity index (χ0v) is 19.1. The average Bonchev–Trinajstić information content (AvgIpc) is 3.09. The van der Waals surface area contributed by atoms with Crippen LogP contribution in [0.5, 0.6) is 5.75 Å². The summed E-state index contributed by atoms with van der Waals surface area (Å²) in [6, 6.07) is 9.52. The summed E-state index contributed by atoms with van der Waals surface area (Å²) in [5.74, 6) is 1.74. The van der Waals surface area contributed by atoms with Gasteiger partial charge in [-0.25, -0.2) is 9.97 Å². The van der Waals surface area contributed by atoms with Gasteiger partial charge in [0.1, 0.15) is 35.4 Å². The van der Waals surface area contributed by atoms with E-state index in [0.717, 1.165) is 54.5 Å². The number of hydrogen-bond acceptors (Lipinski definition) is 7. The smallest absolute Gasteiger partial charge is 0.244 e. The van der Waals surface area contributed by atoms with Gasteiger partial charge in [0, 0.05) is 37.6 Å². The van der Waals surface area contributed by atoms with Crippen LogP contribution in [0.1, 0.15) is 17.4 Å². The van der Waals surface area contributed by atoms with Crippen LogP contribution in [0.2, 0.25) is 0 Å². The number of aryl methyl sites for hydroxylation is 2. The van der Waals surface area contributed by atoms with E-state index in [-0.39, 0.29) is 11.9 Å². The van der Waals surface area contributed by atoms with E-state index in [9.17, 15) is 4.79 Å². The monoisotopic (exact) mass is 439 g/mol. The third-order valence-corrected chi connectivity index (χ3v) is 6.91. The second-order valence-corrected chi connectivity index (χ2v) is 9.08. The van der Waals surface area contributed by atoms with Gasteiger partial charge in [0.25, 0.3) is 0 Å². The van der Waals surface area contributed by atoms with Crippen molar-refractivity contribution in [1.29, 1.82) is 0 Å². The molecule has 1 amide bonds. The molecule has 0 bridgehead atoms. The minimum absolute atomic E-state index is 0.108. The molecule has 1 fully saturated rings. The van der Waals surface area contributed by atoms with Gasteiger partial charge in [0.2, 0.25) is 5.91 Å². The summed E-state index contributed by atoms with van der Waals surface area (Å²) in [7, 11) is 0. The Labute approximate surface area is 187 Å². The van der Waals surface area contributed by atoms with E-state index in [2.05, 4.69) is 34.0 Å². The average molecular weight is 440 g/mol. The highest BCUT2D eigenvalue weighted by molar-refractivity contribution is 7.18. The van der Waals surface area contributed by atoms with Crippen LogP contribution in [-0.2, 0) is 4.79 Å². The molecule has 1 N–H and O–H groups in total. The van der Waals surface area contributed by atoms with E-state index in [1.54, 1.807) is 17.7 Å². The molecule has 1 aliphatic heterocycles. The van der Waals surface area contributed by atoms with Crippen molar-refractivity contribution in [2.75, 3.05) is 44.6 Å². The maximum Gasteiger partial charge on any atom is 0.244 e. The Morgan fingerprint density at radius 3 is 2.65 bits per heavy atom. The highest BCUT2D eigenvalue weighted by Crippen LogP contribution is 2.32. The number of nitrogens with zero attached hydrogens (tertiary/aromatic N) is 4. The Kier molecular flexibility index (Phi) is 6.67. The molecule has 8 heteroatoms. The number of piperazine rings is 1. The molecule has 164 valence electrons. The molecular formula is C23H29N5O2S. The van der Waals surface area contributed by atoms with Crippen LogP contribution in [0.25, 0.3) is 10.2 Å². The molecule has 7 nitrogen and oxygen atoms in total. The molecule has 0 saturated carbocycles. The SMILES string of the molecule is Cc1sc2ncnc(N[C@@H](C)C(=O)N3CCN(CCOc4ccccc4)CC3)c2c1C. The molecule has 3 heterocycles. The molecule has 1 atom stereocenters. The number of ether oxygens (including phenoxy) is 1. The number of amides is 1. The fourth-order valence-electron chi connectivity index (χ4n) is 3.83. The fraction of sp³-hybridized carbons (Fsp3) is 0.435. The van der Waals surface area contributed by atoms with Gasteiger partial charge in [0.15, 0.2) is 0 Å². The summed E-state index contributed by atoms with van der Waals surface area (Å²) in [6.45, 7) is 10.8. The summed E-state index contributed by atoms with van der Waals surface area (Å²) in [4.78, 5) is 28.3. The molecule has 0 aliphatic carbocycles. The molecule has 1 aliphatic rings. The van der Waals surface area contributed by atoms with Crippen molar-refractivity contribution in [1.82, 2.24) is 19.8 Å². The van der Waals surface area contributed by atoms with Crippen molar-refractivity contribution in [3.05, 3.63) is 47.1 Å². The van der Waals surface area contributed by atoms with E-state index in [0.29, 0.717) is 6.61 Å². The van der Waals surface area contributed by atoms with E-state index >= 15 is 0 Å². The van der Waals surface area contributed by atoms with Crippen LogP contribution in [-0.4, -0.2) is 71.0 Å². The first-order valence-corrected chi connectivity index (χ1v) is 11.5. The van der Waals surface area contributed by atoms with Gasteiger partial charge in [-0.05, 0) is 38.5 Å². The van der Waals surface area contributed by atoms with Crippen molar-refractivity contribution < 1.29 is 9.53 Å². The summed E-state index contributed by atoms with van der Waals surface area (Å²) in [6.07, 6.45) is 1.56. The minimum atomic E-state index is -0.342. The molecule has 0 unspecified atom stereocenters. The Balaban J connectivity index is 1.28. The lowest BCUT2D eigenvalue weighted by Gasteiger charge is -2.36. The topological polar surface area (TPSA) is 70.6 Å². The van der Waals surface area contributed by atoms with Crippen LogP contribution in [0.4, 0.5) is 5.82 Å². The van der Waals surface area contributed by atoms with Crippen LogP contribution in [0.3, 0.4) is 0 Å². The van der Waals surface area contributed by atoms with Crippen molar-refractivity contribution in [3.8, 4) is 5.75 Å². The third-order valence-electron chi connectivity index (χ3n) is 5.79. The first-order valence-electron chi connectivity index (χ1n) is 10.7. The van der Waals surface area contributed by atoms with Gasteiger partial charge in [-0.1, -0.05) is 18.2 Å². The number of aromatic nitrogens is 2. The Morgan fingerprint density at radius 1 is 1.16 bits per heavy atom. The lowest BCUT2D eigenvalue weighted by molar-refractivity contribution is -0.133. The predicted octanol–water partition coefficient (Wildman–Crippen LogP) is 3.33. The van der Waals surface area contributed by atoms with Crippen molar-refractivity contribution in [2.45, 2.75) is 26.8 Å². The molecule has 31 heavy (non-hydrogen) atoms. The number of carbonyl (C=O) groups excluding carboxylic acids is 1. The van der Waals surface area contributed by atoms with Gasteiger partial charge < -0.3 is 15.0 Å². The Bertz CT molecular complexity index is 1030. The number of thiophene rings is 1. The second kappa shape index (κ2) is 9.62. The maximum atomic E-state index is 13.0. The number of carbonyl (C=O) groups is 1. The predicted molar refractivity (Wildman–Crippen MR) is 125 cm³/mol. The zero-order chi connectivity index (χ0) is 21.8. The molecule has 0 radical (unpaired) electrons. The molecule has 4 rings (SSSR count). The van der Waals surface area contributed by atoms with Crippen LogP contribution >= 0.6 is 11.3 Å². The fourth-order valence-corrected chi connectivity index (χ4v) is 4.83. The van der Waals surface area contributed by atoms with Crippen LogP contribution in [0, 0.1) is 13.8 Å². The molecule has 0 spiro atoms. The standard InChI is InChI=1S/C23H29N5O2S/c1-16-18(3)31-22-20(16)21(24-15-25-22)26-17(2)23(29)28-11-9-27(10-12-28)13-14-30-19-7-5-4-6-8-19/h4-8,15,17H,9-14H2,1-3H3,(H,24,25,26)/t17-/m0/s1. The lowest BCUT2D eigenvalue weighted by atomic mass is 10.2. The van der Waals surface area contributed by atoms with Gasteiger partial charge >= 0.3 is 0 Å². The number of anilines is 1. The van der Waals surface area contributed by atoms with Crippen molar-refractivity contribution >= 4 is 33.3 Å². The van der Waals surface area contributed by atoms with E-state index in [1.807, 2.05) is 42.2 Å². The molecule has 1 saturated heterocycles. The number of rotatable bonds is 7. The van der Waals surface area contributed by atoms with E-state index < -0.39 is 0 Å². The van der Waals surface area contributed by atoms with Gasteiger partial charge in [-0.15, -0.1) is 11.3 Å². The molecule has 1 aromatic carbocycles. The van der Waals surface area contributed by atoms with Gasteiger partial charge in [0.05, 0.1) is 5.39 Å². The lowest BCUT2D eigenvalue weighted by Crippen LogP contribution is -2.52. The summed E-state index contributed by atoms with van der Waals surface area (Å²) < 4.78 is 5.79. The highest BCUT2D eigenvalue weighted by atomic mass is 32.1. The van der Waals surface area contributed by atoms with Crippen LogP contribution in [0.15, 0.2) is 36.7 Å². The summed E-state index contributed by atoms with van der Waals surface area (Å²) in [5, 5.41) is 4.35. The number of benzene rings is 1. The number of nitrogens with one attached hydrogen (secondary N) is 1. The Morgan fingerprint density at radius 2 is 1.90 bits per heavy atom. The summed E-state index contributed by atoms with van der Waals surface area (Å²) in [5.41, 5.74) is 1.18. The third kappa shape index (κ3) is 4.97. The quantitative estimate of drug-likeness (QED) is 0.609. The number of fused-ring (bicyclic) bond motifs is 1.